The van der Waals surface area contributed by atoms with Crippen molar-refractivity contribution in [1.29, 1.82) is 0 Å². The molecule has 0 aliphatic rings. The molecule has 1 heterocycles. The lowest BCUT2D eigenvalue weighted by Gasteiger charge is -2.09. The van der Waals surface area contributed by atoms with Gasteiger partial charge in [-0.3, -0.25) is 0 Å². The van der Waals surface area contributed by atoms with Gasteiger partial charge < -0.3 is 5.11 Å². The summed E-state index contributed by atoms with van der Waals surface area (Å²) in [5, 5.41) is 11.2. The van der Waals surface area contributed by atoms with Crippen LogP contribution in [0, 0.1) is 6.92 Å². The molecule has 3 aromatic rings. The van der Waals surface area contributed by atoms with Gasteiger partial charge in [-0.1, -0.05) is 42.0 Å². The topological polar surface area (TPSA) is 33.1 Å². The van der Waals surface area contributed by atoms with Crippen LogP contribution >= 0.6 is 11.3 Å². The molecule has 2 aromatic carbocycles. The van der Waals surface area contributed by atoms with Crippen molar-refractivity contribution in [2.24, 2.45) is 0 Å². The van der Waals surface area contributed by atoms with Crippen molar-refractivity contribution in [3.8, 4) is 0 Å². The number of aliphatic hydroxyl groups excluding tert-OH is 1. The number of benzene rings is 2. The van der Waals surface area contributed by atoms with Crippen molar-refractivity contribution in [2.75, 3.05) is 0 Å². The van der Waals surface area contributed by atoms with Crippen LogP contribution in [0.3, 0.4) is 0 Å². The quantitative estimate of drug-likeness (QED) is 0.782. The van der Waals surface area contributed by atoms with Gasteiger partial charge in [0.25, 0.3) is 0 Å². The maximum atomic E-state index is 10.3. The molecule has 19 heavy (non-hydrogen) atoms. The molecule has 1 atom stereocenters. The van der Waals surface area contributed by atoms with Crippen LogP contribution in [0.1, 0.15) is 22.2 Å². The maximum absolute atomic E-state index is 10.3. The Labute approximate surface area is 116 Å². The van der Waals surface area contributed by atoms with Gasteiger partial charge in [0, 0.05) is 6.42 Å². The van der Waals surface area contributed by atoms with E-state index in [1.54, 1.807) is 11.3 Å². The zero-order chi connectivity index (χ0) is 13.2. The van der Waals surface area contributed by atoms with Crippen LogP contribution in [-0.2, 0) is 6.42 Å². The molecule has 0 bridgehead atoms. The average Bonchev–Trinajstić information content (AvgIpc) is 2.81. The van der Waals surface area contributed by atoms with Crippen molar-refractivity contribution in [3.05, 3.63) is 64.7 Å². The fraction of sp³-hybridized carbons (Fsp3) is 0.188. The van der Waals surface area contributed by atoms with E-state index < -0.39 is 6.10 Å². The van der Waals surface area contributed by atoms with E-state index >= 15 is 0 Å². The average molecular weight is 269 g/mol. The molecule has 0 amide bonds. The minimum absolute atomic E-state index is 0.485. The summed E-state index contributed by atoms with van der Waals surface area (Å²) in [5.74, 6) is 0. The summed E-state index contributed by atoms with van der Waals surface area (Å²) in [6.45, 7) is 2.05. The zero-order valence-corrected chi connectivity index (χ0v) is 11.5. The summed E-state index contributed by atoms with van der Waals surface area (Å²) in [6.07, 6.45) is 0.0868. The largest absolute Gasteiger partial charge is 0.388 e. The van der Waals surface area contributed by atoms with Crippen LogP contribution in [-0.4, -0.2) is 10.1 Å². The zero-order valence-electron chi connectivity index (χ0n) is 10.7. The van der Waals surface area contributed by atoms with Gasteiger partial charge in [-0.05, 0) is 24.6 Å². The minimum atomic E-state index is -0.485. The fourth-order valence-electron chi connectivity index (χ4n) is 2.08. The smallest absolute Gasteiger partial charge is 0.0967 e. The van der Waals surface area contributed by atoms with Gasteiger partial charge in [0.05, 0.1) is 21.3 Å². The summed E-state index contributed by atoms with van der Waals surface area (Å²) in [6, 6.07) is 16.1. The first-order valence-electron chi connectivity index (χ1n) is 6.31. The predicted octanol–water partition coefficient (Wildman–Crippen LogP) is 3.88. The van der Waals surface area contributed by atoms with E-state index in [0.717, 1.165) is 16.1 Å². The molecular weight excluding hydrogens is 254 g/mol. The summed E-state index contributed by atoms with van der Waals surface area (Å²) in [4.78, 5) is 4.55. The monoisotopic (exact) mass is 269 g/mol. The van der Waals surface area contributed by atoms with Crippen LogP contribution in [0.2, 0.25) is 0 Å². The number of nitrogens with zero attached hydrogens (tertiary/aromatic N) is 1. The SMILES string of the molecule is Cc1ccc(C(O)Cc2nc3ccccc3s2)cc1. The Morgan fingerprint density at radius 3 is 2.58 bits per heavy atom. The Bertz CT molecular complexity index is 654. The highest BCUT2D eigenvalue weighted by Crippen LogP contribution is 2.26. The Balaban J connectivity index is 1.82. The summed E-state index contributed by atoms with van der Waals surface area (Å²) < 4.78 is 1.17. The highest BCUT2D eigenvalue weighted by atomic mass is 32.1. The molecule has 0 radical (unpaired) electrons. The molecule has 0 saturated heterocycles. The van der Waals surface area contributed by atoms with Crippen LogP contribution in [0.5, 0.6) is 0 Å². The van der Waals surface area contributed by atoms with Gasteiger partial charge in [0.1, 0.15) is 0 Å². The molecule has 2 nitrogen and oxygen atoms in total. The van der Waals surface area contributed by atoms with Crippen molar-refractivity contribution < 1.29 is 5.11 Å². The van der Waals surface area contributed by atoms with E-state index in [1.165, 1.54) is 10.3 Å². The second-order valence-corrected chi connectivity index (χ2v) is 5.82. The number of hydrogen-bond acceptors (Lipinski definition) is 3. The van der Waals surface area contributed by atoms with Gasteiger partial charge >= 0.3 is 0 Å². The summed E-state index contributed by atoms with van der Waals surface area (Å²) in [7, 11) is 0. The second kappa shape index (κ2) is 5.11. The van der Waals surface area contributed by atoms with Crippen LogP contribution in [0.15, 0.2) is 48.5 Å². The molecular formula is C16H15NOS. The first-order valence-corrected chi connectivity index (χ1v) is 7.13. The number of rotatable bonds is 3. The van der Waals surface area contributed by atoms with E-state index in [2.05, 4.69) is 11.1 Å². The molecule has 3 heteroatoms. The summed E-state index contributed by atoms with van der Waals surface area (Å²) in [5.41, 5.74) is 3.17. The third kappa shape index (κ3) is 2.67. The second-order valence-electron chi connectivity index (χ2n) is 4.71. The molecule has 0 spiro atoms. The highest BCUT2D eigenvalue weighted by Gasteiger charge is 2.11. The molecule has 0 aliphatic carbocycles. The Hall–Kier alpha value is -1.71. The van der Waals surface area contributed by atoms with Gasteiger partial charge in [0.2, 0.25) is 0 Å². The standard InChI is InChI=1S/C16H15NOS/c1-11-6-8-12(9-7-11)14(18)10-16-17-13-4-2-3-5-15(13)19-16/h2-9,14,18H,10H2,1H3. The number of aryl methyl sites for hydroxylation is 1. The van der Waals surface area contributed by atoms with Gasteiger partial charge in [-0.2, -0.15) is 0 Å². The number of hydrogen-bond donors (Lipinski definition) is 1. The number of aromatic nitrogens is 1. The summed E-state index contributed by atoms with van der Waals surface area (Å²) >= 11 is 1.65. The third-order valence-corrected chi connectivity index (χ3v) is 4.23. The fourth-order valence-corrected chi connectivity index (χ4v) is 3.08. The van der Waals surface area contributed by atoms with E-state index in [1.807, 2.05) is 49.4 Å². The third-order valence-electron chi connectivity index (χ3n) is 3.17. The lowest BCUT2D eigenvalue weighted by Crippen LogP contribution is -2.01. The van der Waals surface area contributed by atoms with E-state index in [0.29, 0.717) is 6.42 Å². The van der Waals surface area contributed by atoms with Crippen LogP contribution in [0.25, 0.3) is 10.2 Å². The van der Waals surface area contributed by atoms with Gasteiger partial charge in [0.15, 0.2) is 0 Å². The molecule has 0 saturated carbocycles. The Kier molecular flexibility index (Phi) is 3.32. The molecule has 96 valence electrons. The highest BCUT2D eigenvalue weighted by molar-refractivity contribution is 7.18. The number of thiazole rings is 1. The van der Waals surface area contributed by atoms with Gasteiger partial charge in [-0.15, -0.1) is 11.3 Å². The minimum Gasteiger partial charge on any atom is -0.388 e. The van der Waals surface area contributed by atoms with E-state index in [9.17, 15) is 5.11 Å². The maximum Gasteiger partial charge on any atom is 0.0967 e. The van der Waals surface area contributed by atoms with E-state index in [4.69, 9.17) is 0 Å². The lowest BCUT2D eigenvalue weighted by atomic mass is 10.1. The Morgan fingerprint density at radius 1 is 1.11 bits per heavy atom. The van der Waals surface area contributed by atoms with E-state index in [-0.39, 0.29) is 0 Å². The van der Waals surface area contributed by atoms with Crippen molar-refractivity contribution in [2.45, 2.75) is 19.4 Å². The normalized spacial score (nSPS) is 12.7. The molecule has 3 rings (SSSR count). The number of aliphatic hydroxyl groups is 1. The Morgan fingerprint density at radius 2 is 1.84 bits per heavy atom. The molecule has 1 aromatic heterocycles. The molecule has 0 fully saturated rings. The predicted molar refractivity (Wildman–Crippen MR) is 79.5 cm³/mol. The van der Waals surface area contributed by atoms with Crippen molar-refractivity contribution >= 4 is 21.6 Å². The van der Waals surface area contributed by atoms with Crippen molar-refractivity contribution in [1.82, 2.24) is 4.98 Å². The first-order chi connectivity index (χ1) is 9.22. The van der Waals surface area contributed by atoms with Crippen molar-refractivity contribution in [3.63, 3.8) is 0 Å². The molecule has 1 N–H and O–H groups in total. The number of fused-ring (bicyclic) bond motifs is 1. The lowest BCUT2D eigenvalue weighted by molar-refractivity contribution is 0.178. The van der Waals surface area contributed by atoms with Crippen LogP contribution in [0.4, 0.5) is 0 Å². The first kappa shape index (κ1) is 12.3. The molecule has 1 unspecified atom stereocenters. The number of para-hydroxylation sites is 1. The van der Waals surface area contributed by atoms with Crippen LogP contribution < -0.4 is 0 Å². The van der Waals surface area contributed by atoms with Gasteiger partial charge in [-0.25, -0.2) is 4.98 Å². The molecule has 0 aliphatic heterocycles.